The smallest absolute Gasteiger partial charge is 0.348 e. The van der Waals surface area contributed by atoms with E-state index >= 15 is 0 Å². The number of thiophene rings is 1. The molecular formula is C19H15ClFNO3S. The van der Waals surface area contributed by atoms with Crippen LogP contribution in [0.5, 0.6) is 0 Å². The van der Waals surface area contributed by atoms with Crippen LogP contribution in [0.1, 0.15) is 15.2 Å². The molecule has 0 bridgehead atoms. The van der Waals surface area contributed by atoms with Crippen LogP contribution in [0.4, 0.5) is 4.39 Å². The number of ether oxygens (including phenoxy) is 1. The Balaban J connectivity index is 1.57. The summed E-state index contributed by atoms with van der Waals surface area (Å²) in [6, 6.07) is 13.0. The monoisotopic (exact) mass is 391 g/mol. The van der Waals surface area contributed by atoms with Crippen molar-refractivity contribution in [2.24, 2.45) is 0 Å². The number of carbonyl (C=O) groups excluding carboxylic acids is 2. The Bertz CT molecular complexity index is 955. The maximum atomic E-state index is 13.2. The molecule has 1 aromatic heterocycles. The molecule has 3 rings (SSSR count). The second kappa shape index (κ2) is 7.85. The van der Waals surface area contributed by atoms with Crippen LogP contribution in [-0.2, 0) is 16.1 Å². The van der Waals surface area contributed by atoms with Gasteiger partial charge in [-0.1, -0.05) is 23.7 Å². The minimum Gasteiger partial charge on any atom is -0.451 e. The van der Waals surface area contributed by atoms with E-state index in [-0.39, 0.29) is 18.3 Å². The van der Waals surface area contributed by atoms with Crippen molar-refractivity contribution in [1.29, 1.82) is 0 Å². The molecule has 134 valence electrons. The van der Waals surface area contributed by atoms with Crippen LogP contribution in [0, 0.1) is 5.82 Å². The van der Waals surface area contributed by atoms with Crippen molar-refractivity contribution in [2.75, 3.05) is 13.7 Å². The van der Waals surface area contributed by atoms with E-state index in [4.69, 9.17) is 16.3 Å². The SMILES string of the molecule is CN(Cc1ccc(Cl)cc1)C(=O)COC(=O)c1cc2cc(F)ccc2s1. The number of likely N-dealkylation sites (N-methyl/N-ethyl adjacent to an activating group) is 1. The summed E-state index contributed by atoms with van der Waals surface area (Å²) in [6.45, 7) is 0.0290. The topological polar surface area (TPSA) is 46.6 Å². The van der Waals surface area contributed by atoms with Gasteiger partial charge in [0, 0.05) is 23.3 Å². The Labute approximate surface area is 158 Å². The van der Waals surface area contributed by atoms with E-state index in [2.05, 4.69) is 0 Å². The minimum atomic E-state index is -0.597. The summed E-state index contributed by atoms with van der Waals surface area (Å²) in [5.41, 5.74) is 0.920. The molecule has 7 heteroatoms. The number of halogens is 2. The molecule has 0 N–H and O–H groups in total. The first kappa shape index (κ1) is 18.4. The maximum Gasteiger partial charge on any atom is 0.348 e. The molecule has 26 heavy (non-hydrogen) atoms. The van der Waals surface area contributed by atoms with Crippen LogP contribution in [-0.4, -0.2) is 30.4 Å². The highest BCUT2D eigenvalue weighted by Gasteiger charge is 2.16. The number of hydrogen-bond donors (Lipinski definition) is 0. The number of amides is 1. The van der Waals surface area contributed by atoms with Gasteiger partial charge in [0.15, 0.2) is 6.61 Å². The third kappa shape index (κ3) is 4.39. The van der Waals surface area contributed by atoms with Gasteiger partial charge in [0.25, 0.3) is 5.91 Å². The van der Waals surface area contributed by atoms with Crippen molar-refractivity contribution in [2.45, 2.75) is 6.54 Å². The molecular weight excluding hydrogens is 377 g/mol. The van der Waals surface area contributed by atoms with Gasteiger partial charge in [-0.25, -0.2) is 9.18 Å². The Morgan fingerprint density at radius 3 is 2.62 bits per heavy atom. The molecule has 4 nitrogen and oxygen atoms in total. The molecule has 3 aromatic rings. The van der Waals surface area contributed by atoms with Gasteiger partial charge in [0.1, 0.15) is 10.7 Å². The first-order valence-corrected chi connectivity index (χ1v) is 8.96. The van der Waals surface area contributed by atoms with E-state index < -0.39 is 5.97 Å². The molecule has 0 aliphatic heterocycles. The third-order valence-electron chi connectivity index (χ3n) is 3.77. The number of nitrogens with zero attached hydrogens (tertiary/aromatic N) is 1. The summed E-state index contributed by atoms with van der Waals surface area (Å²) >= 11 is 7.03. The van der Waals surface area contributed by atoms with E-state index in [1.807, 2.05) is 12.1 Å². The molecule has 0 aliphatic rings. The van der Waals surface area contributed by atoms with Gasteiger partial charge in [-0.15, -0.1) is 11.3 Å². The Hall–Kier alpha value is -2.44. The molecule has 0 radical (unpaired) electrons. The molecule has 0 aliphatic carbocycles. The summed E-state index contributed by atoms with van der Waals surface area (Å²) in [4.78, 5) is 26.1. The lowest BCUT2D eigenvalue weighted by Crippen LogP contribution is -2.30. The van der Waals surface area contributed by atoms with Gasteiger partial charge < -0.3 is 9.64 Å². The maximum absolute atomic E-state index is 13.2. The first-order valence-electron chi connectivity index (χ1n) is 7.77. The molecule has 1 amide bonds. The van der Waals surface area contributed by atoms with Gasteiger partial charge in [-0.05, 0) is 47.3 Å². The zero-order chi connectivity index (χ0) is 18.7. The lowest BCUT2D eigenvalue weighted by atomic mass is 10.2. The lowest BCUT2D eigenvalue weighted by Gasteiger charge is -2.17. The summed E-state index contributed by atoms with van der Waals surface area (Å²) in [5.74, 6) is -1.28. The second-order valence-electron chi connectivity index (χ2n) is 5.75. The van der Waals surface area contributed by atoms with Crippen LogP contribution in [0.25, 0.3) is 10.1 Å². The molecule has 2 aromatic carbocycles. The third-order valence-corrected chi connectivity index (χ3v) is 5.11. The van der Waals surface area contributed by atoms with E-state index in [1.54, 1.807) is 31.3 Å². The highest BCUT2D eigenvalue weighted by Crippen LogP contribution is 2.26. The first-order chi connectivity index (χ1) is 12.4. The average Bonchev–Trinajstić information content (AvgIpc) is 3.04. The Kier molecular flexibility index (Phi) is 5.54. The number of fused-ring (bicyclic) bond motifs is 1. The van der Waals surface area contributed by atoms with Gasteiger partial charge in [0.05, 0.1) is 0 Å². The van der Waals surface area contributed by atoms with E-state index in [0.717, 1.165) is 10.3 Å². The molecule has 0 saturated carbocycles. The van der Waals surface area contributed by atoms with Crippen LogP contribution in [0.15, 0.2) is 48.5 Å². The van der Waals surface area contributed by atoms with Crippen LogP contribution < -0.4 is 0 Å². The number of carbonyl (C=O) groups is 2. The zero-order valence-corrected chi connectivity index (χ0v) is 15.4. The molecule has 0 atom stereocenters. The summed E-state index contributed by atoms with van der Waals surface area (Å²) in [5, 5.41) is 1.26. The summed E-state index contributed by atoms with van der Waals surface area (Å²) in [6.07, 6.45) is 0. The van der Waals surface area contributed by atoms with Gasteiger partial charge in [-0.3, -0.25) is 4.79 Å². The number of esters is 1. The predicted octanol–water partition coefficient (Wildman–Crippen LogP) is 4.51. The lowest BCUT2D eigenvalue weighted by molar-refractivity contribution is -0.133. The molecule has 0 fully saturated rings. The summed E-state index contributed by atoms with van der Waals surface area (Å²) in [7, 11) is 1.63. The zero-order valence-electron chi connectivity index (χ0n) is 13.9. The van der Waals surface area contributed by atoms with Crippen molar-refractivity contribution in [3.63, 3.8) is 0 Å². The predicted molar refractivity (Wildman–Crippen MR) is 100.0 cm³/mol. The Morgan fingerprint density at radius 2 is 1.88 bits per heavy atom. The fourth-order valence-electron chi connectivity index (χ4n) is 2.38. The molecule has 0 saturated heterocycles. The number of hydrogen-bond acceptors (Lipinski definition) is 4. The van der Waals surface area contributed by atoms with E-state index in [1.165, 1.54) is 28.4 Å². The molecule has 0 unspecified atom stereocenters. The number of benzene rings is 2. The molecule has 1 heterocycles. The van der Waals surface area contributed by atoms with Crippen molar-refractivity contribution >= 4 is 44.9 Å². The van der Waals surface area contributed by atoms with Crippen molar-refractivity contribution in [1.82, 2.24) is 4.90 Å². The van der Waals surface area contributed by atoms with Gasteiger partial charge in [-0.2, -0.15) is 0 Å². The fraction of sp³-hybridized carbons (Fsp3) is 0.158. The quantitative estimate of drug-likeness (QED) is 0.601. The summed E-state index contributed by atoms with van der Waals surface area (Å²) < 4.78 is 19.1. The van der Waals surface area contributed by atoms with Crippen molar-refractivity contribution in [3.8, 4) is 0 Å². The number of rotatable bonds is 5. The standard InChI is InChI=1S/C19H15ClFNO3S/c1-22(10-12-2-4-14(20)5-3-12)18(23)11-25-19(24)17-9-13-8-15(21)6-7-16(13)26-17/h2-9H,10-11H2,1H3. The highest BCUT2D eigenvalue weighted by atomic mass is 35.5. The fourth-order valence-corrected chi connectivity index (χ4v) is 3.44. The average molecular weight is 392 g/mol. The van der Waals surface area contributed by atoms with Gasteiger partial charge >= 0.3 is 5.97 Å². The van der Waals surface area contributed by atoms with Crippen molar-refractivity contribution in [3.05, 3.63) is 69.8 Å². The van der Waals surface area contributed by atoms with E-state index in [9.17, 15) is 14.0 Å². The van der Waals surface area contributed by atoms with Crippen molar-refractivity contribution < 1.29 is 18.7 Å². The van der Waals surface area contributed by atoms with Crippen LogP contribution >= 0.6 is 22.9 Å². The van der Waals surface area contributed by atoms with Crippen LogP contribution in [0.2, 0.25) is 5.02 Å². The van der Waals surface area contributed by atoms with Gasteiger partial charge in [0.2, 0.25) is 0 Å². The Morgan fingerprint density at radius 1 is 1.15 bits per heavy atom. The largest absolute Gasteiger partial charge is 0.451 e. The van der Waals surface area contributed by atoms with E-state index in [0.29, 0.717) is 21.8 Å². The van der Waals surface area contributed by atoms with Crippen LogP contribution in [0.3, 0.4) is 0 Å². The normalized spacial score (nSPS) is 10.7. The molecule has 0 spiro atoms. The minimum absolute atomic E-state index is 0.319. The second-order valence-corrected chi connectivity index (χ2v) is 7.27. The highest BCUT2D eigenvalue weighted by molar-refractivity contribution is 7.20.